The smallest absolute Gasteiger partial charge is 0.138 e. The number of H-pyrrole nitrogens is 1. The molecule has 1 aromatic heterocycles. The van der Waals surface area contributed by atoms with Gasteiger partial charge < -0.3 is 19.7 Å². The largest absolute Gasteiger partial charge is 0.370 e. The summed E-state index contributed by atoms with van der Waals surface area (Å²) in [5.41, 5.74) is 3.26. The van der Waals surface area contributed by atoms with E-state index < -0.39 is 11.6 Å². The average molecular weight is 426 g/mol. The molecule has 31 heavy (non-hydrogen) atoms. The Kier molecular flexibility index (Phi) is 5.63. The fraction of sp³-hybridized carbons (Fsp3) is 0.458. The van der Waals surface area contributed by atoms with Crippen molar-refractivity contribution in [3.05, 3.63) is 48.0 Å². The third-order valence-corrected chi connectivity index (χ3v) is 6.69. The Balaban J connectivity index is 1.30. The minimum atomic E-state index is -0.599. The first-order valence-electron chi connectivity index (χ1n) is 11.2. The zero-order valence-corrected chi connectivity index (χ0v) is 18.0. The number of hydrogen-bond donors (Lipinski definition) is 1. The summed E-state index contributed by atoms with van der Waals surface area (Å²) in [4.78, 5) is 15.4. The van der Waals surface area contributed by atoms with E-state index in [9.17, 15) is 8.78 Å². The molecule has 7 heteroatoms. The van der Waals surface area contributed by atoms with Gasteiger partial charge >= 0.3 is 0 Å². The van der Waals surface area contributed by atoms with Crippen LogP contribution in [0.15, 0.2) is 36.4 Å². The Morgan fingerprint density at radius 2 is 1.68 bits per heavy atom. The molecule has 0 radical (unpaired) electrons. The topological polar surface area (TPSA) is 38.4 Å². The first kappa shape index (κ1) is 20.4. The van der Waals surface area contributed by atoms with E-state index in [-0.39, 0.29) is 0 Å². The molecule has 0 unspecified atom stereocenters. The summed E-state index contributed by atoms with van der Waals surface area (Å²) in [6.07, 6.45) is 2.35. The monoisotopic (exact) mass is 425 g/mol. The summed E-state index contributed by atoms with van der Waals surface area (Å²) in [7, 11) is 2.20. The number of imidazole rings is 1. The minimum Gasteiger partial charge on any atom is -0.370 e. The molecule has 3 heterocycles. The summed E-state index contributed by atoms with van der Waals surface area (Å²) in [5.74, 6) is 0.0332. The predicted octanol–water partition coefficient (Wildman–Crippen LogP) is 3.97. The number of hydrogen-bond acceptors (Lipinski definition) is 4. The SMILES string of the molecule is CN1CCN(CC2CCN(c3cccc4[nH]c(-c5cc(F)cc(F)c5)nc34)CC2)CC1. The normalized spacial score (nSPS) is 19.4. The lowest BCUT2D eigenvalue weighted by Crippen LogP contribution is -2.47. The Bertz CT molecular complexity index is 1030. The van der Waals surface area contributed by atoms with Gasteiger partial charge in [-0.15, -0.1) is 0 Å². The van der Waals surface area contributed by atoms with Crippen LogP contribution in [0.5, 0.6) is 0 Å². The van der Waals surface area contributed by atoms with E-state index >= 15 is 0 Å². The van der Waals surface area contributed by atoms with Crippen LogP contribution in [0.25, 0.3) is 22.4 Å². The maximum atomic E-state index is 13.7. The van der Waals surface area contributed by atoms with Crippen molar-refractivity contribution in [1.82, 2.24) is 19.8 Å². The Hall–Kier alpha value is -2.51. The molecule has 164 valence electrons. The van der Waals surface area contributed by atoms with Crippen molar-refractivity contribution in [3.8, 4) is 11.4 Å². The van der Waals surface area contributed by atoms with Gasteiger partial charge in [0, 0.05) is 57.4 Å². The standard InChI is InChI=1S/C24H29F2N5/c1-29-9-11-30(12-10-29)16-17-5-7-31(8-6-17)22-4-2-3-21-23(22)28-24(27-21)18-13-19(25)15-20(26)14-18/h2-4,13-15,17H,5-12,16H2,1H3,(H,27,28). The first-order valence-corrected chi connectivity index (χ1v) is 11.2. The number of aromatic nitrogens is 2. The van der Waals surface area contributed by atoms with Gasteiger partial charge in [-0.1, -0.05) is 6.07 Å². The van der Waals surface area contributed by atoms with Gasteiger partial charge in [-0.3, -0.25) is 0 Å². The zero-order chi connectivity index (χ0) is 21.4. The van der Waals surface area contributed by atoms with Crippen LogP contribution in [0.2, 0.25) is 0 Å². The molecule has 0 bridgehead atoms. The van der Waals surface area contributed by atoms with Crippen LogP contribution in [0.4, 0.5) is 14.5 Å². The van der Waals surface area contributed by atoms with Gasteiger partial charge in [-0.2, -0.15) is 0 Å². The number of nitrogens with zero attached hydrogens (tertiary/aromatic N) is 4. The van der Waals surface area contributed by atoms with E-state index in [4.69, 9.17) is 4.98 Å². The first-order chi connectivity index (χ1) is 15.0. The number of fused-ring (bicyclic) bond motifs is 1. The molecule has 5 nitrogen and oxygen atoms in total. The zero-order valence-electron chi connectivity index (χ0n) is 18.0. The molecule has 5 rings (SSSR count). The molecule has 2 aliphatic heterocycles. The summed E-state index contributed by atoms with van der Waals surface area (Å²) in [6.45, 7) is 7.89. The molecule has 0 saturated carbocycles. The quantitative estimate of drug-likeness (QED) is 0.687. The number of benzene rings is 2. The van der Waals surface area contributed by atoms with Crippen molar-refractivity contribution in [3.63, 3.8) is 0 Å². The molecule has 3 aromatic rings. The number of para-hydroxylation sites is 1. The minimum absolute atomic E-state index is 0.422. The van der Waals surface area contributed by atoms with Crippen LogP contribution >= 0.6 is 0 Å². The van der Waals surface area contributed by atoms with Gasteiger partial charge in [-0.05, 0) is 50.1 Å². The number of likely N-dealkylation sites (N-methyl/N-ethyl adjacent to an activating group) is 1. The van der Waals surface area contributed by atoms with Crippen LogP contribution in [0.1, 0.15) is 12.8 Å². The van der Waals surface area contributed by atoms with E-state index in [0.29, 0.717) is 11.4 Å². The Morgan fingerprint density at radius 3 is 2.39 bits per heavy atom. The molecule has 1 N–H and O–H groups in total. The predicted molar refractivity (Wildman–Crippen MR) is 120 cm³/mol. The highest BCUT2D eigenvalue weighted by molar-refractivity contribution is 5.91. The van der Waals surface area contributed by atoms with Gasteiger partial charge in [0.1, 0.15) is 23.0 Å². The average Bonchev–Trinajstić information content (AvgIpc) is 3.20. The number of aromatic amines is 1. The van der Waals surface area contributed by atoms with Crippen LogP contribution in [-0.4, -0.2) is 72.6 Å². The highest BCUT2D eigenvalue weighted by atomic mass is 19.1. The van der Waals surface area contributed by atoms with Gasteiger partial charge in [-0.25, -0.2) is 13.8 Å². The van der Waals surface area contributed by atoms with E-state index in [0.717, 1.165) is 54.9 Å². The molecule has 2 aliphatic rings. The second-order valence-electron chi connectivity index (χ2n) is 8.95. The van der Waals surface area contributed by atoms with Crippen LogP contribution in [-0.2, 0) is 0 Å². The van der Waals surface area contributed by atoms with E-state index in [1.807, 2.05) is 12.1 Å². The van der Waals surface area contributed by atoms with Crippen LogP contribution in [0.3, 0.4) is 0 Å². The number of piperazine rings is 1. The second-order valence-corrected chi connectivity index (χ2v) is 8.95. The Labute approximate surface area is 181 Å². The van der Waals surface area contributed by atoms with Crippen molar-refractivity contribution < 1.29 is 8.78 Å². The van der Waals surface area contributed by atoms with Gasteiger partial charge in [0.25, 0.3) is 0 Å². The van der Waals surface area contributed by atoms with E-state index in [1.165, 1.54) is 44.6 Å². The lowest BCUT2D eigenvalue weighted by atomic mass is 9.95. The fourth-order valence-corrected chi connectivity index (χ4v) is 4.85. The summed E-state index contributed by atoms with van der Waals surface area (Å²) < 4.78 is 27.3. The van der Waals surface area contributed by atoms with E-state index in [1.54, 1.807) is 0 Å². The summed E-state index contributed by atoms with van der Waals surface area (Å²) >= 11 is 0. The molecule has 0 aliphatic carbocycles. The molecular weight excluding hydrogens is 396 g/mol. The maximum Gasteiger partial charge on any atom is 0.138 e. The third-order valence-electron chi connectivity index (χ3n) is 6.69. The number of piperidine rings is 1. The molecular formula is C24H29F2N5. The Morgan fingerprint density at radius 1 is 0.968 bits per heavy atom. The molecule has 0 atom stereocenters. The lowest BCUT2D eigenvalue weighted by Gasteiger charge is -2.38. The van der Waals surface area contributed by atoms with Gasteiger partial charge in [0.15, 0.2) is 0 Å². The summed E-state index contributed by atoms with van der Waals surface area (Å²) in [6, 6.07) is 9.58. The number of halogens is 2. The van der Waals surface area contributed by atoms with Gasteiger partial charge in [0.05, 0.1) is 11.2 Å². The lowest BCUT2D eigenvalue weighted by molar-refractivity contribution is 0.129. The number of rotatable bonds is 4. The van der Waals surface area contributed by atoms with Crippen molar-refractivity contribution >= 4 is 16.7 Å². The van der Waals surface area contributed by atoms with Crippen molar-refractivity contribution in [2.45, 2.75) is 12.8 Å². The van der Waals surface area contributed by atoms with Crippen molar-refractivity contribution in [2.24, 2.45) is 5.92 Å². The molecule has 2 aromatic carbocycles. The molecule has 0 amide bonds. The molecule has 0 spiro atoms. The van der Waals surface area contributed by atoms with Crippen molar-refractivity contribution in [1.29, 1.82) is 0 Å². The van der Waals surface area contributed by atoms with Crippen LogP contribution in [0, 0.1) is 17.6 Å². The fourth-order valence-electron chi connectivity index (χ4n) is 4.85. The second kappa shape index (κ2) is 8.55. The molecule has 2 saturated heterocycles. The van der Waals surface area contributed by atoms with Crippen molar-refractivity contribution in [2.75, 3.05) is 57.8 Å². The third kappa shape index (κ3) is 4.43. The highest BCUT2D eigenvalue weighted by Crippen LogP contribution is 2.31. The van der Waals surface area contributed by atoms with Gasteiger partial charge in [0.2, 0.25) is 0 Å². The van der Waals surface area contributed by atoms with E-state index in [2.05, 4.69) is 32.8 Å². The highest BCUT2D eigenvalue weighted by Gasteiger charge is 2.24. The number of anilines is 1. The van der Waals surface area contributed by atoms with Crippen LogP contribution < -0.4 is 4.90 Å². The molecule has 2 fully saturated rings. The summed E-state index contributed by atoms with van der Waals surface area (Å²) in [5, 5.41) is 0. The maximum absolute atomic E-state index is 13.7. The number of nitrogens with one attached hydrogen (secondary N) is 1.